The van der Waals surface area contributed by atoms with Gasteiger partial charge in [0.2, 0.25) is 0 Å². The highest BCUT2D eigenvalue weighted by molar-refractivity contribution is 6.36. The van der Waals surface area contributed by atoms with Gasteiger partial charge in [-0.05, 0) is 35.9 Å². The van der Waals surface area contributed by atoms with E-state index in [0.29, 0.717) is 26.9 Å². The Balaban J connectivity index is 1.76. The number of halogens is 2. The highest BCUT2D eigenvalue weighted by Gasteiger charge is 2.49. The first-order chi connectivity index (χ1) is 13.0. The van der Waals surface area contributed by atoms with Crippen LogP contribution in [0.3, 0.4) is 0 Å². The normalized spacial score (nSPS) is 18.6. The number of amides is 1. The fourth-order valence-electron chi connectivity index (χ4n) is 3.47. The van der Waals surface area contributed by atoms with Gasteiger partial charge >= 0.3 is 0 Å². The van der Waals surface area contributed by atoms with Gasteiger partial charge in [-0.1, -0.05) is 47.5 Å². The maximum Gasteiger partial charge on any atom is 0.264 e. The molecule has 4 nitrogen and oxygen atoms in total. The molecule has 0 aliphatic carbocycles. The Morgan fingerprint density at radius 1 is 0.963 bits per heavy atom. The van der Waals surface area contributed by atoms with Gasteiger partial charge < -0.3 is 10.0 Å². The number of aromatic nitrogens is 1. The Bertz CT molecular complexity index is 990. The Kier molecular flexibility index (Phi) is 4.64. The minimum Gasteiger partial charge on any atom is -0.375 e. The number of nitrogens with zero attached hydrogens (tertiary/aromatic N) is 2. The topological polar surface area (TPSA) is 53.4 Å². The molecule has 1 N–H and O–H groups in total. The molecular weight excluding hydrogens is 383 g/mol. The van der Waals surface area contributed by atoms with Crippen molar-refractivity contribution in [3.05, 3.63) is 93.7 Å². The molecule has 0 saturated carbocycles. The third kappa shape index (κ3) is 3.10. The van der Waals surface area contributed by atoms with E-state index in [2.05, 4.69) is 4.98 Å². The van der Waals surface area contributed by atoms with E-state index in [1.54, 1.807) is 53.7 Å². The number of anilines is 1. The van der Waals surface area contributed by atoms with Crippen LogP contribution in [-0.4, -0.2) is 16.0 Å². The molecule has 0 spiro atoms. The second kappa shape index (κ2) is 6.97. The third-order valence-corrected chi connectivity index (χ3v) is 5.53. The van der Waals surface area contributed by atoms with Crippen molar-refractivity contribution < 1.29 is 9.90 Å². The molecule has 1 amide bonds. The van der Waals surface area contributed by atoms with Crippen LogP contribution in [0.1, 0.15) is 16.7 Å². The second-order valence-corrected chi connectivity index (χ2v) is 7.32. The zero-order valence-corrected chi connectivity index (χ0v) is 15.8. The van der Waals surface area contributed by atoms with Crippen LogP contribution in [0.5, 0.6) is 0 Å². The lowest BCUT2D eigenvalue weighted by Gasteiger charge is -2.24. The molecule has 2 aromatic carbocycles. The predicted molar refractivity (Wildman–Crippen MR) is 106 cm³/mol. The predicted octanol–water partition coefficient (Wildman–Crippen LogP) is 4.37. The Labute approximate surface area is 167 Å². The van der Waals surface area contributed by atoms with Crippen molar-refractivity contribution in [1.29, 1.82) is 0 Å². The molecule has 27 heavy (non-hydrogen) atoms. The summed E-state index contributed by atoms with van der Waals surface area (Å²) in [5.41, 5.74) is 1.07. The van der Waals surface area contributed by atoms with Crippen molar-refractivity contribution in [2.24, 2.45) is 0 Å². The molecule has 1 aliphatic heterocycles. The van der Waals surface area contributed by atoms with E-state index in [1.165, 1.54) is 0 Å². The molecule has 1 aliphatic rings. The molecule has 3 aromatic rings. The van der Waals surface area contributed by atoms with Gasteiger partial charge in [-0.3, -0.25) is 9.78 Å². The monoisotopic (exact) mass is 398 g/mol. The van der Waals surface area contributed by atoms with E-state index in [4.69, 9.17) is 23.2 Å². The number of aliphatic hydroxyl groups is 1. The van der Waals surface area contributed by atoms with Crippen molar-refractivity contribution in [3.63, 3.8) is 0 Å². The molecule has 4 rings (SSSR count). The van der Waals surface area contributed by atoms with Gasteiger partial charge in [-0.25, -0.2) is 0 Å². The number of benzene rings is 2. The zero-order chi connectivity index (χ0) is 19.0. The number of para-hydroxylation sites is 1. The van der Waals surface area contributed by atoms with Crippen molar-refractivity contribution in [3.8, 4) is 0 Å². The number of hydrogen-bond acceptors (Lipinski definition) is 3. The largest absolute Gasteiger partial charge is 0.375 e. The van der Waals surface area contributed by atoms with Crippen LogP contribution in [0.25, 0.3) is 0 Å². The molecule has 6 heteroatoms. The zero-order valence-electron chi connectivity index (χ0n) is 14.3. The molecule has 0 radical (unpaired) electrons. The van der Waals surface area contributed by atoms with Gasteiger partial charge in [-0.15, -0.1) is 0 Å². The summed E-state index contributed by atoms with van der Waals surface area (Å²) in [4.78, 5) is 18.8. The lowest BCUT2D eigenvalue weighted by atomic mass is 9.89. The molecular formula is C21H16Cl2N2O2. The summed E-state index contributed by atoms with van der Waals surface area (Å²) in [5, 5.41) is 12.3. The number of fused-ring (bicyclic) bond motifs is 1. The third-order valence-electron chi connectivity index (χ3n) is 4.83. The standard InChI is InChI=1S/C21H16Cl2N2O2/c22-17-5-3-6-18(23)15(17)13-25-19-7-2-1-4-16(19)21(27,20(25)26)12-14-8-10-24-11-9-14/h1-11,27H,12-13H2/t21-/m0/s1. The van der Waals surface area contributed by atoms with E-state index in [-0.39, 0.29) is 13.0 Å². The first kappa shape index (κ1) is 18.0. The van der Waals surface area contributed by atoms with Crippen LogP contribution in [0.15, 0.2) is 67.0 Å². The SMILES string of the molecule is O=C1N(Cc2c(Cl)cccc2Cl)c2ccccc2[C@@]1(O)Cc1ccncc1. The fourth-order valence-corrected chi connectivity index (χ4v) is 3.99. The van der Waals surface area contributed by atoms with E-state index >= 15 is 0 Å². The van der Waals surface area contributed by atoms with E-state index in [1.807, 2.05) is 18.2 Å². The smallest absolute Gasteiger partial charge is 0.264 e. The van der Waals surface area contributed by atoms with Gasteiger partial charge in [0, 0.05) is 40.0 Å². The van der Waals surface area contributed by atoms with Gasteiger partial charge in [-0.2, -0.15) is 0 Å². The number of pyridine rings is 1. The molecule has 0 unspecified atom stereocenters. The van der Waals surface area contributed by atoms with Crippen molar-refractivity contribution >= 4 is 34.8 Å². The molecule has 0 bridgehead atoms. The first-order valence-electron chi connectivity index (χ1n) is 8.46. The van der Waals surface area contributed by atoms with Crippen LogP contribution in [0.4, 0.5) is 5.69 Å². The summed E-state index contributed by atoms with van der Waals surface area (Å²) in [5.74, 6) is -0.392. The summed E-state index contributed by atoms with van der Waals surface area (Å²) in [7, 11) is 0. The summed E-state index contributed by atoms with van der Waals surface area (Å²) in [6.45, 7) is 0.188. The Morgan fingerprint density at radius 3 is 2.33 bits per heavy atom. The van der Waals surface area contributed by atoms with E-state index < -0.39 is 11.5 Å². The molecule has 0 saturated heterocycles. The highest BCUT2D eigenvalue weighted by atomic mass is 35.5. The average molecular weight is 399 g/mol. The summed E-state index contributed by atoms with van der Waals surface area (Å²) in [6.07, 6.45) is 3.45. The van der Waals surface area contributed by atoms with Crippen LogP contribution in [-0.2, 0) is 23.4 Å². The summed E-state index contributed by atoms with van der Waals surface area (Å²) in [6, 6.07) is 16.1. The Morgan fingerprint density at radius 2 is 1.63 bits per heavy atom. The Hall–Kier alpha value is -2.40. The molecule has 136 valence electrons. The summed E-state index contributed by atoms with van der Waals surface area (Å²) >= 11 is 12.6. The van der Waals surface area contributed by atoms with Crippen LogP contribution >= 0.6 is 23.2 Å². The lowest BCUT2D eigenvalue weighted by molar-refractivity contribution is -0.136. The van der Waals surface area contributed by atoms with Gasteiger partial charge in [0.1, 0.15) is 0 Å². The van der Waals surface area contributed by atoms with Gasteiger partial charge in [0.25, 0.3) is 5.91 Å². The van der Waals surface area contributed by atoms with Crippen LogP contribution in [0.2, 0.25) is 10.0 Å². The second-order valence-electron chi connectivity index (χ2n) is 6.50. The fraction of sp³-hybridized carbons (Fsp3) is 0.143. The number of carbonyl (C=O) groups is 1. The maximum absolute atomic E-state index is 13.3. The molecule has 0 fully saturated rings. The minimum absolute atomic E-state index is 0.165. The number of rotatable bonds is 4. The first-order valence-corrected chi connectivity index (χ1v) is 9.22. The van der Waals surface area contributed by atoms with Crippen molar-refractivity contribution in [2.75, 3.05) is 4.90 Å². The highest BCUT2D eigenvalue weighted by Crippen LogP contribution is 2.43. The molecule has 1 atom stereocenters. The molecule has 2 heterocycles. The van der Waals surface area contributed by atoms with E-state index in [0.717, 1.165) is 5.56 Å². The molecule has 1 aromatic heterocycles. The average Bonchev–Trinajstić information content (AvgIpc) is 2.87. The quantitative estimate of drug-likeness (QED) is 0.709. The van der Waals surface area contributed by atoms with Crippen molar-refractivity contribution in [2.45, 2.75) is 18.6 Å². The van der Waals surface area contributed by atoms with Crippen LogP contribution in [0, 0.1) is 0 Å². The number of carbonyl (C=O) groups excluding carboxylic acids is 1. The van der Waals surface area contributed by atoms with Gasteiger partial charge in [0.15, 0.2) is 5.60 Å². The maximum atomic E-state index is 13.3. The summed E-state index contributed by atoms with van der Waals surface area (Å²) < 4.78 is 0. The van der Waals surface area contributed by atoms with Crippen LogP contribution < -0.4 is 4.90 Å². The number of hydrogen-bond donors (Lipinski definition) is 1. The van der Waals surface area contributed by atoms with E-state index in [9.17, 15) is 9.90 Å². The lowest BCUT2D eigenvalue weighted by Crippen LogP contribution is -2.41. The van der Waals surface area contributed by atoms with Crippen molar-refractivity contribution in [1.82, 2.24) is 4.98 Å². The van der Waals surface area contributed by atoms with Gasteiger partial charge in [0.05, 0.1) is 12.2 Å². The minimum atomic E-state index is -1.65.